The molecule has 4 unspecified atom stereocenters. The lowest BCUT2D eigenvalue weighted by molar-refractivity contribution is -0.231. The molecule has 164 valence electrons. The number of ether oxygens (including phenoxy) is 1. The summed E-state index contributed by atoms with van der Waals surface area (Å²) in [5.41, 5.74) is 3.75. The van der Waals surface area contributed by atoms with Crippen molar-refractivity contribution < 1.29 is 29.6 Å². The first-order chi connectivity index (χ1) is 14.9. The fourth-order valence-corrected chi connectivity index (χ4v) is 4.90. The molecule has 5 nitrogen and oxygen atoms in total. The first-order valence-electron chi connectivity index (χ1n) is 10.1. The number of aryl methyl sites for hydroxylation is 1. The summed E-state index contributed by atoms with van der Waals surface area (Å²) in [6.45, 7) is 1.54. The molecule has 0 radical (unpaired) electrons. The van der Waals surface area contributed by atoms with E-state index in [9.17, 15) is 24.8 Å². The molecule has 1 fully saturated rings. The summed E-state index contributed by atoms with van der Waals surface area (Å²) in [5, 5.41) is 40.0. The van der Waals surface area contributed by atoms with E-state index in [1.807, 2.05) is 37.3 Å². The minimum Gasteiger partial charge on any atom is -0.394 e. The summed E-state index contributed by atoms with van der Waals surface area (Å²) in [4.78, 5) is 2.19. The molecule has 1 aromatic heterocycles. The molecule has 5 atom stereocenters. The van der Waals surface area contributed by atoms with Crippen molar-refractivity contribution in [3.8, 4) is 10.4 Å². The molecule has 1 saturated heterocycles. The van der Waals surface area contributed by atoms with E-state index >= 15 is 0 Å². The second kappa shape index (κ2) is 9.16. The molecular weight excluding hydrogens is 419 g/mol. The van der Waals surface area contributed by atoms with Crippen LogP contribution in [0.15, 0.2) is 54.6 Å². The van der Waals surface area contributed by atoms with Crippen molar-refractivity contribution in [3.63, 3.8) is 0 Å². The molecule has 31 heavy (non-hydrogen) atoms. The second-order valence-corrected chi connectivity index (χ2v) is 9.05. The molecule has 0 aliphatic carbocycles. The van der Waals surface area contributed by atoms with E-state index < -0.39 is 37.1 Å². The molecule has 0 amide bonds. The van der Waals surface area contributed by atoms with Crippen LogP contribution in [0.25, 0.3) is 10.4 Å². The van der Waals surface area contributed by atoms with Gasteiger partial charge in [-0.1, -0.05) is 30.3 Å². The normalized spacial score (nSPS) is 26.2. The molecule has 4 rings (SSSR count). The molecule has 0 bridgehead atoms. The van der Waals surface area contributed by atoms with Crippen molar-refractivity contribution >= 4 is 11.3 Å². The SMILES string of the molecule is Cc1ccc(C2OC(CO)C(O)[C@H](O)C2O)cc1Cc1ccc(-c2ccc(F)cc2)s1. The number of benzene rings is 2. The van der Waals surface area contributed by atoms with Crippen LogP contribution in [0.4, 0.5) is 4.39 Å². The van der Waals surface area contributed by atoms with E-state index in [-0.39, 0.29) is 5.82 Å². The molecule has 1 aliphatic rings. The quantitative estimate of drug-likeness (QED) is 0.486. The predicted octanol–water partition coefficient (Wildman–Crippen LogP) is 2.97. The average molecular weight is 445 g/mol. The van der Waals surface area contributed by atoms with Crippen LogP contribution in [0.5, 0.6) is 0 Å². The summed E-state index contributed by atoms with van der Waals surface area (Å²) < 4.78 is 18.9. The van der Waals surface area contributed by atoms with Crippen LogP contribution >= 0.6 is 11.3 Å². The highest BCUT2D eigenvalue weighted by molar-refractivity contribution is 7.15. The zero-order valence-electron chi connectivity index (χ0n) is 17.0. The Kier molecular flexibility index (Phi) is 6.52. The standard InChI is InChI=1S/C24H25FO5S/c1-13-2-3-15(24-23(29)22(28)21(27)19(12-26)30-24)10-16(13)11-18-8-9-20(31-18)14-4-6-17(25)7-5-14/h2-10,19,21-24,26-29H,11-12H2,1H3/t19?,21?,22-,23?,24?/m0/s1. The Hall–Kier alpha value is -2.13. The summed E-state index contributed by atoms with van der Waals surface area (Å²) in [6.07, 6.45) is -5.21. The topological polar surface area (TPSA) is 90.2 Å². The Morgan fingerprint density at radius 2 is 1.68 bits per heavy atom. The molecular formula is C24H25FO5S. The van der Waals surface area contributed by atoms with Gasteiger partial charge >= 0.3 is 0 Å². The van der Waals surface area contributed by atoms with Gasteiger partial charge in [0.25, 0.3) is 0 Å². The highest BCUT2D eigenvalue weighted by Gasteiger charge is 2.43. The van der Waals surface area contributed by atoms with Gasteiger partial charge in [0.2, 0.25) is 0 Å². The Morgan fingerprint density at radius 3 is 2.39 bits per heavy atom. The summed E-state index contributed by atoms with van der Waals surface area (Å²) in [5.74, 6) is -0.263. The van der Waals surface area contributed by atoms with Gasteiger partial charge in [0, 0.05) is 16.2 Å². The van der Waals surface area contributed by atoms with Crippen LogP contribution in [0.3, 0.4) is 0 Å². The number of aliphatic hydroxyl groups is 4. The zero-order valence-corrected chi connectivity index (χ0v) is 17.8. The van der Waals surface area contributed by atoms with Gasteiger partial charge < -0.3 is 25.2 Å². The predicted molar refractivity (Wildman–Crippen MR) is 116 cm³/mol. The van der Waals surface area contributed by atoms with E-state index in [0.717, 1.165) is 26.4 Å². The maximum absolute atomic E-state index is 13.2. The van der Waals surface area contributed by atoms with Crippen LogP contribution in [0.2, 0.25) is 0 Å². The average Bonchev–Trinajstić information content (AvgIpc) is 3.23. The molecule has 0 saturated carbocycles. The molecule has 0 spiro atoms. The number of rotatable bonds is 5. The van der Waals surface area contributed by atoms with Gasteiger partial charge in [-0.2, -0.15) is 0 Å². The molecule has 7 heteroatoms. The van der Waals surface area contributed by atoms with Gasteiger partial charge in [0.05, 0.1) is 6.61 Å². The van der Waals surface area contributed by atoms with Gasteiger partial charge in [-0.3, -0.25) is 0 Å². The van der Waals surface area contributed by atoms with Gasteiger partial charge in [0.15, 0.2) is 0 Å². The van der Waals surface area contributed by atoms with Gasteiger partial charge in [-0.25, -0.2) is 4.39 Å². The van der Waals surface area contributed by atoms with Crippen molar-refractivity contribution in [3.05, 3.63) is 82.0 Å². The van der Waals surface area contributed by atoms with Crippen LogP contribution in [0, 0.1) is 12.7 Å². The fourth-order valence-electron chi connectivity index (χ4n) is 3.87. The van der Waals surface area contributed by atoms with Gasteiger partial charge in [0.1, 0.15) is 36.3 Å². The minimum atomic E-state index is -1.41. The van der Waals surface area contributed by atoms with Gasteiger partial charge in [-0.05, 0) is 53.4 Å². The highest BCUT2D eigenvalue weighted by atomic mass is 32.1. The number of hydrogen-bond donors (Lipinski definition) is 4. The highest BCUT2D eigenvalue weighted by Crippen LogP contribution is 2.35. The van der Waals surface area contributed by atoms with Crippen LogP contribution in [0.1, 0.15) is 27.7 Å². The minimum absolute atomic E-state index is 0.263. The van der Waals surface area contributed by atoms with Crippen molar-refractivity contribution in [2.45, 2.75) is 43.9 Å². The van der Waals surface area contributed by atoms with Crippen LogP contribution in [-0.4, -0.2) is 51.4 Å². The van der Waals surface area contributed by atoms with Crippen molar-refractivity contribution in [1.29, 1.82) is 0 Å². The molecule has 4 N–H and O–H groups in total. The molecule has 2 heterocycles. The van der Waals surface area contributed by atoms with Crippen LogP contribution < -0.4 is 0 Å². The molecule has 2 aromatic carbocycles. The smallest absolute Gasteiger partial charge is 0.123 e. The zero-order chi connectivity index (χ0) is 22.1. The largest absolute Gasteiger partial charge is 0.394 e. The third-order valence-corrected chi connectivity index (χ3v) is 6.88. The van der Waals surface area contributed by atoms with E-state index in [1.165, 1.54) is 12.1 Å². The first kappa shape index (κ1) is 22.1. The Labute approximate surface area is 184 Å². The Balaban J connectivity index is 1.57. The first-order valence-corrected chi connectivity index (χ1v) is 10.9. The van der Waals surface area contributed by atoms with Crippen molar-refractivity contribution in [2.75, 3.05) is 6.61 Å². The molecule has 3 aromatic rings. The lowest BCUT2D eigenvalue weighted by atomic mass is 9.89. The summed E-state index contributed by atoms with van der Waals surface area (Å²) >= 11 is 1.63. The summed E-state index contributed by atoms with van der Waals surface area (Å²) in [6, 6.07) is 16.2. The molecule has 1 aliphatic heterocycles. The van der Waals surface area contributed by atoms with E-state index in [2.05, 4.69) is 0 Å². The number of hydrogen-bond acceptors (Lipinski definition) is 6. The third-order valence-electron chi connectivity index (χ3n) is 5.75. The Morgan fingerprint density at radius 1 is 0.935 bits per heavy atom. The number of thiophene rings is 1. The summed E-state index contributed by atoms with van der Waals surface area (Å²) in [7, 11) is 0. The van der Waals surface area contributed by atoms with Gasteiger partial charge in [-0.15, -0.1) is 11.3 Å². The monoisotopic (exact) mass is 444 g/mol. The van der Waals surface area contributed by atoms with E-state index in [4.69, 9.17) is 4.74 Å². The number of halogens is 1. The lowest BCUT2D eigenvalue weighted by Gasteiger charge is -2.40. The second-order valence-electron chi connectivity index (χ2n) is 7.89. The van der Waals surface area contributed by atoms with Crippen molar-refractivity contribution in [1.82, 2.24) is 0 Å². The van der Waals surface area contributed by atoms with E-state index in [0.29, 0.717) is 12.0 Å². The van der Waals surface area contributed by atoms with Crippen molar-refractivity contribution in [2.24, 2.45) is 0 Å². The third kappa shape index (κ3) is 4.57. The maximum atomic E-state index is 13.2. The lowest BCUT2D eigenvalue weighted by Crippen LogP contribution is -2.55. The van der Waals surface area contributed by atoms with E-state index in [1.54, 1.807) is 23.5 Å². The maximum Gasteiger partial charge on any atom is 0.123 e. The van der Waals surface area contributed by atoms with Crippen LogP contribution in [-0.2, 0) is 11.2 Å². The number of aliphatic hydroxyl groups excluding tert-OH is 4. The Bertz CT molecular complexity index is 1030. The fraction of sp³-hybridized carbons (Fsp3) is 0.333.